The van der Waals surface area contributed by atoms with Crippen LogP contribution in [0.25, 0.3) is 0 Å². The van der Waals surface area contributed by atoms with E-state index in [1.165, 1.54) is 0 Å². The highest BCUT2D eigenvalue weighted by atomic mass is 32.2. The van der Waals surface area contributed by atoms with Gasteiger partial charge in [0.1, 0.15) is 0 Å². The second-order valence-corrected chi connectivity index (χ2v) is 1.68. The van der Waals surface area contributed by atoms with E-state index in [1.54, 1.807) is 0 Å². The van der Waals surface area contributed by atoms with Gasteiger partial charge < -0.3 is 4.74 Å². The van der Waals surface area contributed by atoms with E-state index in [0.717, 1.165) is 6.92 Å². The fraction of sp³-hybridized carbons (Fsp3) is 0.333. The topological polar surface area (TPSA) is 60.4 Å². The van der Waals surface area contributed by atoms with Gasteiger partial charge >= 0.3 is 5.97 Å². The average Bonchev–Trinajstić information content (AvgIpc) is 1.61. The van der Waals surface area contributed by atoms with Crippen molar-refractivity contribution in [3.8, 4) is 0 Å². The van der Waals surface area contributed by atoms with Gasteiger partial charge in [-0.05, 0) is 0 Å². The predicted octanol–water partition coefficient (Wildman–Crippen LogP) is -0.812. The van der Waals surface area contributed by atoms with Crippen molar-refractivity contribution in [2.75, 3.05) is 0 Å². The van der Waals surface area contributed by atoms with Crippen LogP contribution in [0.1, 0.15) is 6.92 Å². The number of hydrogen-bond donors (Lipinski definition) is 0. The van der Waals surface area contributed by atoms with Gasteiger partial charge in [-0.1, -0.05) is 0 Å². The molecular weight excluding hydrogens is 132 g/mol. The normalized spacial score (nSPS) is 7.62. The van der Waals surface area contributed by atoms with Gasteiger partial charge in [-0.2, -0.15) is 8.42 Å². The maximum absolute atomic E-state index is 9.82. The fourth-order valence-electron chi connectivity index (χ4n) is 0.107. The first-order valence-corrected chi connectivity index (χ1v) is 2.85. The summed E-state index contributed by atoms with van der Waals surface area (Å²) >= 11 is 0. The maximum Gasteiger partial charge on any atom is 0.308 e. The van der Waals surface area contributed by atoms with E-state index in [9.17, 15) is 13.2 Å². The zero-order valence-electron chi connectivity index (χ0n) is 4.12. The van der Waals surface area contributed by atoms with Crippen molar-refractivity contribution >= 4 is 21.8 Å². The minimum absolute atomic E-state index is 0.433. The van der Waals surface area contributed by atoms with E-state index in [1.807, 2.05) is 0 Å². The molecule has 0 saturated carbocycles. The van der Waals surface area contributed by atoms with E-state index in [-0.39, 0.29) is 0 Å². The van der Waals surface area contributed by atoms with Crippen LogP contribution in [-0.2, 0) is 19.8 Å². The summed E-state index contributed by atoms with van der Waals surface area (Å²) in [5, 5.41) is 0. The van der Waals surface area contributed by atoms with Crippen molar-refractivity contribution in [1.29, 1.82) is 0 Å². The van der Waals surface area contributed by atoms with E-state index < -0.39 is 16.3 Å². The molecule has 0 aliphatic carbocycles. The SMILES string of the molecule is CC(=O)OC=S(=O)=O. The van der Waals surface area contributed by atoms with Gasteiger partial charge in [0, 0.05) is 6.92 Å². The number of carbonyl (C=O) groups excluding carboxylic acids is 1. The van der Waals surface area contributed by atoms with Gasteiger partial charge in [0.2, 0.25) is 15.8 Å². The van der Waals surface area contributed by atoms with E-state index in [2.05, 4.69) is 4.74 Å². The minimum Gasteiger partial charge on any atom is -0.418 e. The summed E-state index contributed by atoms with van der Waals surface area (Å²) in [6.07, 6.45) is 0. The van der Waals surface area contributed by atoms with Gasteiger partial charge in [0.15, 0.2) is 0 Å². The van der Waals surface area contributed by atoms with Gasteiger partial charge in [0.05, 0.1) is 0 Å². The third kappa shape index (κ3) is 5.16. The Bertz CT molecular complexity index is 191. The van der Waals surface area contributed by atoms with Crippen molar-refractivity contribution in [3.63, 3.8) is 0 Å². The highest BCUT2D eigenvalue weighted by molar-refractivity contribution is 7.71. The molecular formula is C3H4O4S. The molecule has 0 aromatic carbocycles. The van der Waals surface area contributed by atoms with Crippen molar-refractivity contribution < 1.29 is 17.9 Å². The maximum atomic E-state index is 9.82. The van der Waals surface area contributed by atoms with E-state index in [0.29, 0.717) is 5.55 Å². The van der Waals surface area contributed by atoms with E-state index >= 15 is 0 Å². The summed E-state index contributed by atoms with van der Waals surface area (Å²) in [4.78, 5) is 9.82. The Morgan fingerprint density at radius 3 is 2.25 bits per heavy atom. The molecule has 0 heterocycles. The highest BCUT2D eigenvalue weighted by Gasteiger charge is 1.83. The van der Waals surface area contributed by atoms with Crippen molar-refractivity contribution in [2.24, 2.45) is 0 Å². The highest BCUT2D eigenvalue weighted by Crippen LogP contribution is 1.64. The van der Waals surface area contributed by atoms with Gasteiger partial charge in [0.25, 0.3) is 0 Å². The molecule has 0 amide bonds. The zero-order chi connectivity index (χ0) is 6.57. The van der Waals surface area contributed by atoms with Crippen LogP contribution >= 0.6 is 0 Å². The predicted molar refractivity (Wildman–Crippen MR) is 26.7 cm³/mol. The lowest BCUT2D eigenvalue weighted by atomic mass is 10.8. The summed E-state index contributed by atoms with van der Waals surface area (Å²) in [6, 6.07) is 0. The van der Waals surface area contributed by atoms with Crippen LogP contribution in [0, 0.1) is 0 Å². The van der Waals surface area contributed by atoms with Crippen molar-refractivity contribution in [1.82, 2.24) is 0 Å². The first kappa shape index (κ1) is 7.16. The molecule has 5 heteroatoms. The Morgan fingerprint density at radius 2 is 2.12 bits per heavy atom. The largest absolute Gasteiger partial charge is 0.418 e. The monoisotopic (exact) mass is 136 g/mol. The standard InChI is InChI=1S/C3H4O4S/c1-3(4)7-2-8(5)6/h2H,1H3. The lowest BCUT2D eigenvalue weighted by Gasteiger charge is -1.81. The second kappa shape index (κ2) is 3.20. The summed E-state index contributed by atoms with van der Waals surface area (Å²) in [7, 11) is -2.40. The van der Waals surface area contributed by atoms with Gasteiger partial charge in [-0.15, -0.1) is 0 Å². The van der Waals surface area contributed by atoms with Crippen LogP contribution in [0.15, 0.2) is 0 Å². The molecule has 0 spiro atoms. The molecule has 0 rings (SSSR count). The number of ether oxygens (including phenoxy) is 1. The minimum atomic E-state index is -2.40. The summed E-state index contributed by atoms with van der Waals surface area (Å²) in [5.74, 6) is -0.644. The van der Waals surface area contributed by atoms with Crippen LogP contribution in [0.4, 0.5) is 0 Å². The molecule has 46 valence electrons. The molecule has 0 bridgehead atoms. The molecule has 0 N–H and O–H groups in total. The Kier molecular flexibility index (Phi) is 2.86. The molecule has 8 heavy (non-hydrogen) atoms. The van der Waals surface area contributed by atoms with Crippen LogP contribution in [0.3, 0.4) is 0 Å². The molecule has 0 radical (unpaired) electrons. The lowest BCUT2D eigenvalue weighted by Crippen LogP contribution is -1.94. The first-order chi connectivity index (χ1) is 3.63. The molecule has 0 saturated heterocycles. The Balaban J connectivity index is 3.81. The van der Waals surface area contributed by atoms with Crippen LogP contribution in [0.5, 0.6) is 0 Å². The summed E-state index contributed by atoms with van der Waals surface area (Å²) in [5.41, 5.74) is 0.433. The molecule has 0 aromatic heterocycles. The van der Waals surface area contributed by atoms with Crippen LogP contribution < -0.4 is 0 Å². The molecule has 0 atom stereocenters. The second-order valence-electron chi connectivity index (χ2n) is 0.966. The van der Waals surface area contributed by atoms with Crippen LogP contribution in [0.2, 0.25) is 0 Å². The summed E-state index contributed by atoms with van der Waals surface area (Å²) in [6.45, 7) is 1.11. The van der Waals surface area contributed by atoms with Crippen molar-refractivity contribution in [2.45, 2.75) is 6.92 Å². The third-order valence-corrected chi connectivity index (χ3v) is 0.546. The summed E-state index contributed by atoms with van der Waals surface area (Å²) < 4.78 is 23.1. The molecule has 0 fully saturated rings. The average molecular weight is 136 g/mol. The zero-order valence-corrected chi connectivity index (χ0v) is 4.94. The Hall–Kier alpha value is -0.840. The van der Waals surface area contributed by atoms with E-state index in [4.69, 9.17) is 0 Å². The van der Waals surface area contributed by atoms with Gasteiger partial charge in [-0.3, -0.25) is 4.79 Å². The molecule has 0 aliphatic rings. The first-order valence-electron chi connectivity index (χ1n) is 1.71. The Labute approximate surface area is 47.6 Å². The molecule has 4 nitrogen and oxygen atoms in total. The van der Waals surface area contributed by atoms with Crippen LogP contribution in [-0.4, -0.2) is 19.9 Å². The molecule has 0 aromatic rings. The number of carbonyl (C=O) groups is 1. The smallest absolute Gasteiger partial charge is 0.308 e. The molecule has 0 unspecified atom stereocenters. The van der Waals surface area contributed by atoms with Crippen molar-refractivity contribution in [3.05, 3.63) is 0 Å². The quantitative estimate of drug-likeness (QED) is 0.349. The number of rotatable bonds is 1. The fourth-order valence-corrected chi connectivity index (χ4v) is 0.321. The number of esters is 1. The molecule has 0 aliphatic heterocycles. The number of hydrogen-bond acceptors (Lipinski definition) is 4. The lowest BCUT2D eigenvalue weighted by molar-refractivity contribution is -0.132. The van der Waals surface area contributed by atoms with Gasteiger partial charge in [-0.25, -0.2) is 0 Å². The third-order valence-electron chi connectivity index (χ3n) is 0.293. The Morgan fingerprint density at radius 1 is 1.62 bits per heavy atom.